The van der Waals surface area contributed by atoms with Crippen molar-refractivity contribution in [3.63, 3.8) is 0 Å². The zero-order chi connectivity index (χ0) is 41.6. The second kappa shape index (κ2) is 15.5. The molecule has 2 atom stereocenters. The Morgan fingerprint density at radius 1 is 0.371 bits per heavy atom. The van der Waals surface area contributed by atoms with Gasteiger partial charge in [0, 0.05) is 23.0 Å². The summed E-state index contributed by atoms with van der Waals surface area (Å²) < 4.78 is 0. The minimum Gasteiger partial charge on any atom is -0.310 e. The number of nitrogens with zero attached hydrogens (tertiary/aromatic N) is 1. The lowest BCUT2D eigenvalue weighted by molar-refractivity contribution is 0.394. The smallest absolute Gasteiger partial charge is 0.0467 e. The molecule has 11 rings (SSSR count). The fraction of sp³-hybridized carbons (Fsp3) is 0.0820. The summed E-state index contributed by atoms with van der Waals surface area (Å²) in [6.07, 6.45) is 9.21. The molecule has 0 saturated carbocycles. The standard InChI is InChI=1S/C61H47N/c1-61(2)59-28-11-10-26-57(59)58-38-33-48(41-60(58)61)42-29-34-50(35-30-42)62(51-36-31-45(32-37-51)55-25-9-8-24-53(55)43-15-4-3-5-16-43)52-22-13-20-47(40-52)46-19-12-21-49(39-46)56-27-14-18-44-17-6-7-23-54(44)56/h3-41,57,59H,1-2H3. The SMILES string of the molecule is CC1(C)c2cc(-c3ccc(N(c4ccc(-c5ccccc5-c5ccccc5)cc4)c4cccc(-c5cccc(-c6cccc7ccccc67)c5)c4)cc3)ccc2C2C=CC=CC21. The van der Waals surface area contributed by atoms with Crippen LogP contribution in [0.15, 0.2) is 237 Å². The number of rotatable bonds is 8. The second-order valence-corrected chi connectivity index (χ2v) is 17.3. The van der Waals surface area contributed by atoms with Crippen LogP contribution >= 0.6 is 0 Å². The van der Waals surface area contributed by atoms with Gasteiger partial charge in [-0.15, -0.1) is 0 Å². The van der Waals surface area contributed by atoms with E-state index in [4.69, 9.17) is 0 Å². The first-order valence-electron chi connectivity index (χ1n) is 21.8. The molecule has 0 aromatic heterocycles. The van der Waals surface area contributed by atoms with Crippen molar-refractivity contribution in [3.8, 4) is 55.6 Å². The van der Waals surface area contributed by atoms with E-state index < -0.39 is 0 Å². The summed E-state index contributed by atoms with van der Waals surface area (Å²) in [5, 5.41) is 2.52. The van der Waals surface area contributed by atoms with Gasteiger partial charge in [0.05, 0.1) is 0 Å². The largest absolute Gasteiger partial charge is 0.310 e. The predicted molar refractivity (Wildman–Crippen MR) is 263 cm³/mol. The van der Waals surface area contributed by atoms with E-state index in [9.17, 15) is 0 Å². The van der Waals surface area contributed by atoms with E-state index in [1.807, 2.05) is 0 Å². The number of benzene rings is 9. The van der Waals surface area contributed by atoms with Crippen LogP contribution in [0.3, 0.4) is 0 Å². The van der Waals surface area contributed by atoms with E-state index in [0.29, 0.717) is 11.8 Å². The normalized spacial score (nSPS) is 15.9. The molecule has 9 aromatic carbocycles. The molecular formula is C61H47N. The molecule has 2 unspecified atom stereocenters. The fourth-order valence-electron chi connectivity index (χ4n) is 10.2. The lowest BCUT2D eigenvalue weighted by Gasteiger charge is -2.29. The highest BCUT2D eigenvalue weighted by molar-refractivity contribution is 5.97. The van der Waals surface area contributed by atoms with Crippen LogP contribution in [0.2, 0.25) is 0 Å². The van der Waals surface area contributed by atoms with Crippen LogP contribution in [0.25, 0.3) is 66.4 Å². The van der Waals surface area contributed by atoms with Crippen molar-refractivity contribution >= 4 is 27.8 Å². The van der Waals surface area contributed by atoms with Gasteiger partial charge in [-0.1, -0.05) is 208 Å². The fourth-order valence-corrected chi connectivity index (χ4v) is 10.2. The molecule has 62 heavy (non-hydrogen) atoms. The van der Waals surface area contributed by atoms with E-state index >= 15 is 0 Å². The Hall–Kier alpha value is -7.48. The molecule has 9 aromatic rings. The maximum atomic E-state index is 2.45. The highest BCUT2D eigenvalue weighted by Crippen LogP contribution is 2.53. The Labute approximate surface area is 365 Å². The molecular weight excluding hydrogens is 747 g/mol. The van der Waals surface area contributed by atoms with Crippen molar-refractivity contribution in [1.82, 2.24) is 0 Å². The van der Waals surface area contributed by atoms with Gasteiger partial charge in [-0.25, -0.2) is 0 Å². The van der Waals surface area contributed by atoms with Crippen molar-refractivity contribution in [1.29, 1.82) is 0 Å². The average molecular weight is 794 g/mol. The molecule has 2 aliphatic carbocycles. The molecule has 0 aliphatic heterocycles. The van der Waals surface area contributed by atoms with Gasteiger partial charge in [0.2, 0.25) is 0 Å². The van der Waals surface area contributed by atoms with Gasteiger partial charge in [-0.2, -0.15) is 0 Å². The Balaban J connectivity index is 0.982. The van der Waals surface area contributed by atoms with Crippen LogP contribution in [0, 0.1) is 5.92 Å². The van der Waals surface area contributed by atoms with Gasteiger partial charge in [0.25, 0.3) is 0 Å². The lowest BCUT2D eigenvalue weighted by atomic mass is 9.74. The van der Waals surface area contributed by atoms with E-state index in [0.717, 1.165) is 17.1 Å². The highest BCUT2D eigenvalue weighted by Gasteiger charge is 2.44. The number of anilines is 3. The van der Waals surface area contributed by atoms with E-state index in [-0.39, 0.29) is 5.41 Å². The molecule has 0 fully saturated rings. The summed E-state index contributed by atoms with van der Waals surface area (Å²) in [5.41, 5.74) is 18.5. The minimum atomic E-state index is 0.0706. The van der Waals surface area contributed by atoms with E-state index in [1.165, 1.54) is 77.5 Å². The first-order valence-corrected chi connectivity index (χ1v) is 21.8. The molecule has 0 amide bonds. The number of hydrogen-bond donors (Lipinski definition) is 0. The molecule has 1 heteroatoms. The Morgan fingerprint density at radius 2 is 0.903 bits per heavy atom. The molecule has 0 N–H and O–H groups in total. The number of allylic oxidation sites excluding steroid dienone is 4. The third-order valence-corrected chi connectivity index (χ3v) is 13.4. The first kappa shape index (κ1) is 37.5. The second-order valence-electron chi connectivity index (χ2n) is 17.3. The lowest BCUT2D eigenvalue weighted by Crippen LogP contribution is -2.24. The molecule has 2 aliphatic rings. The molecule has 0 heterocycles. The van der Waals surface area contributed by atoms with Gasteiger partial charge in [0.1, 0.15) is 0 Å². The minimum absolute atomic E-state index is 0.0706. The summed E-state index contributed by atoms with van der Waals surface area (Å²) in [6.45, 7) is 4.81. The Morgan fingerprint density at radius 3 is 1.68 bits per heavy atom. The monoisotopic (exact) mass is 793 g/mol. The molecule has 0 radical (unpaired) electrons. The van der Waals surface area contributed by atoms with Crippen LogP contribution in [-0.4, -0.2) is 0 Å². The van der Waals surface area contributed by atoms with Crippen molar-refractivity contribution in [2.24, 2.45) is 5.92 Å². The van der Waals surface area contributed by atoms with Crippen LogP contribution in [0.5, 0.6) is 0 Å². The molecule has 0 spiro atoms. The third kappa shape index (κ3) is 6.67. The molecule has 296 valence electrons. The summed E-state index contributed by atoms with van der Waals surface area (Å²) in [4.78, 5) is 2.39. The molecule has 0 bridgehead atoms. The van der Waals surface area contributed by atoms with E-state index in [1.54, 1.807) is 0 Å². The van der Waals surface area contributed by atoms with Gasteiger partial charge >= 0.3 is 0 Å². The summed E-state index contributed by atoms with van der Waals surface area (Å²) in [5.74, 6) is 0.938. The average Bonchev–Trinajstić information content (AvgIpc) is 3.57. The number of hydrogen-bond acceptors (Lipinski definition) is 1. The van der Waals surface area contributed by atoms with E-state index in [2.05, 4.69) is 255 Å². The first-order chi connectivity index (χ1) is 30.5. The van der Waals surface area contributed by atoms with Crippen molar-refractivity contribution in [2.75, 3.05) is 4.90 Å². The molecule has 0 saturated heterocycles. The Bertz CT molecular complexity index is 3140. The topological polar surface area (TPSA) is 3.24 Å². The maximum Gasteiger partial charge on any atom is 0.0467 e. The zero-order valence-electron chi connectivity index (χ0n) is 35.1. The molecule has 1 nitrogen and oxygen atoms in total. The van der Waals surface area contributed by atoms with Crippen molar-refractivity contribution < 1.29 is 0 Å². The van der Waals surface area contributed by atoms with Crippen LogP contribution < -0.4 is 4.90 Å². The quantitative estimate of drug-likeness (QED) is 0.148. The number of fused-ring (bicyclic) bond motifs is 4. The third-order valence-electron chi connectivity index (χ3n) is 13.4. The maximum absolute atomic E-state index is 2.45. The van der Waals surface area contributed by atoms with Gasteiger partial charge in [0.15, 0.2) is 0 Å². The highest BCUT2D eigenvalue weighted by atomic mass is 15.1. The van der Waals surface area contributed by atoms with Crippen LogP contribution in [-0.2, 0) is 5.41 Å². The summed E-state index contributed by atoms with van der Waals surface area (Å²) in [7, 11) is 0. The summed E-state index contributed by atoms with van der Waals surface area (Å²) >= 11 is 0. The van der Waals surface area contributed by atoms with Crippen molar-refractivity contribution in [3.05, 3.63) is 248 Å². The predicted octanol–water partition coefficient (Wildman–Crippen LogP) is 16.8. The zero-order valence-corrected chi connectivity index (χ0v) is 35.1. The summed E-state index contributed by atoms with van der Waals surface area (Å²) in [6, 6.07) is 77.9. The van der Waals surface area contributed by atoms with Gasteiger partial charge < -0.3 is 4.90 Å². The van der Waals surface area contributed by atoms with Crippen LogP contribution in [0.1, 0.15) is 30.9 Å². The van der Waals surface area contributed by atoms with Crippen LogP contribution in [0.4, 0.5) is 17.1 Å². The van der Waals surface area contributed by atoms with Crippen molar-refractivity contribution in [2.45, 2.75) is 25.2 Å². The van der Waals surface area contributed by atoms with Gasteiger partial charge in [-0.05, 0) is 131 Å². The Kier molecular flexibility index (Phi) is 9.39. The van der Waals surface area contributed by atoms with Gasteiger partial charge in [-0.3, -0.25) is 0 Å².